The molecule has 0 saturated carbocycles. The molecule has 1 rings (SSSR count). The van der Waals surface area contributed by atoms with E-state index >= 15 is 0 Å². The van der Waals surface area contributed by atoms with Gasteiger partial charge in [-0.25, -0.2) is 16.8 Å². The first kappa shape index (κ1) is 14.1. The maximum absolute atomic E-state index is 11.8. The normalized spacial score (nSPS) is 12.6. The number of benzene rings is 1. The van der Waals surface area contributed by atoms with Crippen molar-refractivity contribution in [3.8, 4) is 0 Å². The van der Waals surface area contributed by atoms with Crippen LogP contribution in [0.25, 0.3) is 0 Å². The van der Waals surface area contributed by atoms with Gasteiger partial charge in [0.2, 0.25) is 0 Å². The van der Waals surface area contributed by atoms with E-state index in [-0.39, 0.29) is 10.6 Å². The largest absolute Gasteiger partial charge is 0.302 e. The Morgan fingerprint density at radius 3 is 2.12 bits per heavy atom. The Labute approximate surface area is 100 Å². The zero-order valence-electron chi connectivity index (χ0n) is 9.12. The lowest BCUT2D eigenvalue weighted by atomic mass is 10.4. The van der Waals surface area contributed by atoms with Gasteiger partial charge in [0.15, 0.2) is 9.84 Å². The van der Waals surface area contributed by atoms with Gasteiger partial charge in [0.25, 0.3) is 10.0 Å². The molecule has 0 bridgehead atoms. The first-order valence-electron chi connectivity index (χ1n) is 4.83. The van der Waals surface area contributed by atoms with Crippen LogP contribution in [0.3, 0.4) is 0 Å². The Hall–Kier alpha value is -0.960. The van der Waals surface area contributed by atoms with Crippen molar-refractivity contribution in [3.63, 3.8) is 0 Å². The molecule has 0 unspecified atom stereocenters. The van der Waals surface area contributed by atoms with Gasteiger partial charge >= 0.3 is 0 Å². The Bertz CT molecular complexity index is 592. The van der Waals surface area contributed by atoms with Crippen LogP contribution in [0.5, 0.6) is 0 Å². The first-order valence-corrected chi connectivity index (χ1v) is 7.96. The second-order valence-corrected chi connectivity index (χ2v) is 7.07. The third-order valence-electron chi connectivity index (χ3n) is 2.07. The lowest BCUT2D eigenvalue weighted by molar-refractivity contribution is 0.242. The van der Waals surface area contributed by atoms with Crippen LogP contribution in [0.15, 0.2) is 34.1 Å². The molecule has 0 aliphatic heterocycles. The van der Waals surface area contributed by atoms with Gasteiger partial charge in [0.1, 0.15) is 4.90 Å². The van der Waals surface area contributed by atoms with Crippen molar-refractivity contribution in [1.29, 1.82) is 0 Å². The number of nitrogens with one attached hydrogen (secondary N) is 1. The highest BCUT2D eigenvalue weighted by atomic mass is 32.2. The fourth-order valence-corrected chi connectivity index (χ4v) is 4.17. The highest BCUT2D eigenvalue weighted by Crippen LogP contribution is 2.21. The van der Waals surface area contributed by atoms with Crippen LogP contribution in [0, 0.1) is 0 Å². The van der Waals surface area contributed by atoms with Crippen molar-refractivity contribution >= 4 is 19.9 Å². The summed E-state index contributed by atoms with van der Waals surface area (Å²) in [4.78, 5) is 0.369. The highest BCUT2D eigenvalue weighted by Gasteiger charge is 2.24. The van der Waals surface area contributed by atoms with E-state index in [1.807, 2.05) is 0 Å². The van der Waals surface area contributed by atoms with E-state index in [4.69, 9.17) is 5.21 Å². The molecule has 0 aromatic heterocycles. The van der Waals surface area contributed by atoms with Gasteiger partial charge in [-0.2, -0.15) is 0 Å². The lowest BCUT2D eigenvalue weighted by Gasteiger charge is -2.09. The van der Waals surface area contributed by atoms with Crippen molar-refractivity contribution < 1.29 is 22.0 Å². The smallest absolute Gasteiger partial charge is 0.263 e. The van der Waals surface area contributed by atoms with Crippen LogP contribution in [0.2, 0.25) is 0 Å². The van der Waals surface area contributed by atoms with Gasteiger partial charge in [0.05, 0.1) is 10.6 Å². The lowest BCUT2D eigenvalue weighted by Crippen LogP contribution is -2.22. The molecule has 0 spiro atoms. The topological polar surface area (TPSA) is 101 Å². The average molecular weight is 279 g/mol. The second-order valence-electron chi connectivity index (χ2n) is 3.36. The van der Waals surface area contributed by atoms with Gasteiger partial charge in [0, 0.05) is 0 Å². The average Bonchev–Trinajstić information content (AvgIpc) is 2.29. The van der Waals surface area contributed by atoms with Crippen LogP contribution in [-0.4, -0.2) is 27.8 Å². The van der Waals surface area contributed by atoms with E-state index in [1.54, 1.807) is 6.92 Å². The van der Waals surface area contributed by atoms with Crippen LogP contribution in [0.4, 0.5) is 0 Å². The quantitative estimate of drug-likeness (QED) is 0.766. The maximum atomic E-state index is 11.8. The summed E-state index contributed by atoms with van der Waals surface area (Å²) in [6, 6.07) is 5.14. The molecule has 0 fully saturated rings. The first-order chi connectivity index (χ1) is 7.85. The molecule has 0 aliphatic carbocycles. The van der Waals surface area contributed by atoms with Crippen molar-refractivity contribution in [2.75, 3.05) is 5.75 Å². The third-order valence-corrected chi connectivity index (χ3v) is 5.34. The zero-order valence-corrected chi connectivity index (χ0v) is 10.8. The Morgan fingerprint density at radius 1 is 1.12 bits per heavy atom. The van der Waals surface area contributed by atoms with Crippen LogP contribution < -0.4 is 4.89 Å². The minimum Gasteiger partial charge on any atom is -0.302 e. The van der Waals surface area contributed by atoms with Crippen LogP contribution in [0.1, 0.15) is 13.3 Å². The molecule has 2 N–H and O–H groups in total. The molecule has 6 nitrogen and oxygen atoms in total. The summed E-state index contributed by atoms with van der Waals surface area (Å²) in [7, 11) is -7.87. The van der Waals surface area contributed by atoms with Gasteiger partial charge in [-0.3, -0.25) is 0 Å². The summed E-state index contributed by atoms with van der Waals surface area (Å²) in [5.41, 5.74) is 0. The van der Waals surface area contributed by atoms with Crippen molar-refractivity contribution in [1.82, 2.24) is 4.89 Å². The second kappa shape index (κ2) is 5.13. The Morgan fingerprint density at radius 2 is 1.65 bits per heavy atom. The standard InChI is InChI=1S/C9H13NO5S2/c1-2-7-16(12,13)8-5-3-4-6-9(8)17(14,15)10-11/h3-6,10-11H,2,7H2,1H3. The number of hydrogen-bond donors (Lipinski definition) is 2. The fourth-order valence-electron chi connectivity index (χ4n) is 1.36. The van der Waals surface area contributed by atoms with Gasteiger partial charge < -0.3 is 5.21 Å². The van der Waals surface area contributed by atoms with Crippen molar-refractivity contribution in [3.05, 3.63) is 24.3 Å². The number of hydrogen-bond acceptors (Lipinski definition) is 5. The van der Waals surface area contributed by atoms with E-state index in [2.05, 4.69) is 0 Å². The van der Waals surface area contributed by atoms with Crippen LogP contribution >= 0.6 is 0 Å². The van der Waals surface area contributed by atoms with E-state index in [0.717, 1.165) is 11.0 Å². The minimum atomic E-state index is -4.20. The summed E-state index contributed by atoms with van der Waals surface area (Å²) in [6.45, 7) is 1.68. The summed E-state index contributed by atoms with van der Waals surface area (Å²) in [5, 5.41) is 8.53. The van der Waals surface area contributed by atoms with E-state index in [0.29, 0.717) is 6.42 Å². The molecule has 0 radical (unpaired) electrons. The molecule has 1 aromatic carbocycles. The molecule has 96 valence electrons. The van der Waals surface area contributed by atoms with Gasteiger partial charge in [-0.05, 0) is 18.6 Å². The molecule has 17 heavy (non-hydrogen) atoms. The van der Waals surface area contributed by atoms with Crippen LogP contribution in [-0.2, 0) is 19.9 Å². The Kier molecular flexibility index (Phi) is 4.26. The molecule has 0 aliphatic rings. The molecular weight excluding hydrogens is 266 g/mol. The fraction of sp³-hybridized carbons (Fsp3) is 0.333. The van der Waals surface area contributed by atoms with Crippen molar-refractivity contribution in [2.24, 2.45) is 0 Å². The molecule has 1 aromatic rings. The number of sulfonamides is 1. The van der Waals surface area contributed by atoms with E-state index in [9.17, 15) is 16.8 Å². The molecule has 8 heteroatoms. The molecule has 0 saturated heterocycles. The zero-order chi connectivity index (χ0) is 13.1. The highest BCUT2D eigenvalue weighted by molar-refractivity contribution is 7.93. The Balaban J connectivity index is 3.48. The molecule has 0 atom stereocenters. The molecular formula is C9H13NO5S2. The minimum absolute atomic E-state index is 0.148. The third kappa shape index (κ3) is 3.03. The monoisotopic (exact) mass is 279 g/mol. The summed E-state index contributed by atoms with van der Waals surface area (Å²) in [6.07, 6.45) is 0.378. The predicted molar refractivity (Wildman–Crippen MR) is 60.9 cm³/mol. The maximum Gasteiger partial charge on any atom is 0.263 e. The number of sulfone groups is 1. The van der Waals surface area contributed by atoms with Gasteiger partial charge in [-0.1, -0.05) is 23.9 Å². The SMILES string of the molecule is CCCS(=O)(=O)c1ccccc1S(=O)(=O)NO. The number of rotatable bonds is 5. The summed E-state index contributed by atoms with van der Waals surface area (Å²) >= 11 is 0. The van der Waals surface area contributed by atoms with Crippen molar-refractivity contribution in [2.45, 2.75) is 23.1 Å². The predicted octanol–water partition coefficient (Wildman–Crippen LogP) is 0.538. The molecule has 0 amide bonds. The van der Waals surface area contributed by atoms with E-state index in [1.165, 1.54) is 18.2 Å². The summed E-state index contributed by atoms with van der Waals surface area (Å²) < 4.78 is 46.6. The van der Waals surface area contributed by atoms with Gasteiger partial charge in [-0.15, -0.1) is 0 Å². The van der Waals surface area contributed by atoms with E-state index < -0.39 is 24.8 Å². The molecule has 0 heterocycles. The summed E-state index contributed by atoms with van der Waals surface area (Å²) in [5.74, 6) is -0.148.